The molecule has 0 saturated carbocycles. The molecule has 1 N–H and O–H groups in total. The van der Waals surface area contributed by atoms with Gasteiger partial charge in [0.15, 0.2) is 0 Å². The van der Waals surface area contributed by atoms with Crippen LogP contribution < -0.4 is 0 Å². The molecule has 5 rings (SSSR count). The molecule has 8 heteroatoms. The maximum atomic E-state index is 12.6. The van der Waals surface area contributed by atoms with Gasteiger partial charge in [0.2, 0.25) is 0 Å². The minimum Gasteiger partial charge on any atom is -0.444 e. The summed E-state index contributed by atoms with van der Waals surface area (Å²) in [5, 5.41) is 0. The minimum atomic E-state index is -0.521. The highest BCUT2D eigenvalue weighted by molar-refractivity contribution is 9.10. The lowest BCUT2D eigenvalue weighted by Crippen LogP contribution is -2.36. The van der Waals surface area contributed by atoms with Gasteiger partial charge in [-0.15, -0.1) is 0 Å². The minimum absolute atomic E-state index is 0.101. The second-order valence-electron chi connectivity index (χ2n) is 9.48. The number of nitrogens with one attached hydrogen (secondary N) is 1. The van der Waals surface area contributed by atoms with Gasteiger partial charge in [-0.25, -0.2) is 14.8 Å². The topological polar surface area (TPSA) is 84.0 Å². The number of hydrogen-bond acceptors (Lipinski definition) is 5. The number of nitrogens with zero attached hydrogens (tertiary/aromatic N) is 4. The summed E-state index contributed by atoms with van der Waals surface area (Å²) in [6.07, 6.45) is 5.12. The predicted molar refractivity (Wildman–Crippen MR) is 135 cm³/mol. The summed E-state index contributed by atoms with van der Waals surface area (Å²) in [7, 11) is 0. The second kappa shape index (κ2) is 8.83. The molecule has 0 radical (unpaired) electrons. The van der Waals surface area contributed by atoms with E-state index >= 15 is 0 Å². The summed E-state index contributed by atoms with van der Waals surface area (Å²) in [5.41, 5.74) is 4.93. The molecule has 2 aromatic carbocycles. The summed E-state index contributed by atoms with van der Waals surface area (Å²) in [6.45, 7) is 6.32. The Kier molecular flexibility index (Phi) is 5.85. The van der Waals surface area contributed by atoms with Crippen molar-refractivity contribution in [3.63, 3.8) is 0 Å². The SMILES string of the molecule is CC(C)(C)OC(=O)N1CCC[C@H]1c1ncc(-c2ccc(-c3cnc4cc(Br)ccc4n3)cc2)[nH]1. The van der Waals surface area contributed by atoms with E-state index in [0.29, 0.717) is 6.54 Å². The average Bonchev–Trinajstić information content (AvgIpc) is 3.47. The lowest BCUT2D eigenvalue weighted by atomic mass is 10.1. The number of fused-ring (bicyclic) bond motifs is 1. The first kappa shape index (κ1) is 22.5. The predicted octanol–water partition coefficient (Wildman–Crippen LogP) is 6.52. The van der Waals surface area contributed by atoms with Gasteiger partial charge in [0, 0.05) is 16.6 Å². The van der Waals surface area contributed by atoms with Crippen LogP contribution in [0.4, 0.5) is 4.79 Å². The quantitative estimate of drug-likeness (QED) is 0.333. The Morgan fingerprint density at radius 3 is 2.59 bits per heavy atom. The van der Waals surface area contributed by atoms with Crippen molar-refractivity contribution in [1.29, 1.82) is 0 Å². The molecule has 1 aliphatic rings. The van der Waals surface area contributed by atoms with E-state index in [0.717, 1.165) is 56.7 Å². The number of amides is 1. The van der Waals surface area contributed by atoms with E-state index in [4.69, 9.17) is 9.72 Å². The summed E-state index contributed by atoms with van der Waals surface area (Å²) in [5.74, 6) is 0.786. The highest BCUT2D eigenvalue weighted by Gasteiger charge is 2.34. The zero-order valence-corrected chi connectivity index (χ0v) is 21.0. The van der Waals surface area contributed by atoms with E-state index in [9.17, 15) is 4.79 Å². The van der Waals surface area contributed by atoms with Crippen molar-refractivity contribution < 1.29 is 9.53 Å². The van der Waals surface area contributed by atoms with Gasteiger partial charge in [-0.2, -0.15) is 0 Å². The first-order valence-electron chi connectivity index (χ1n) is 11.3. The number of aromatic amines is 1. The first-order chi connectivity index (χ1) is 16.3. The van der Waals surface area contributed by atoms with Crippen LogP contribution in [0.25, 0.3) is 33.5 Å². The largest absolute Gasteiger partial charge is 0.444 e. The molecule has 4 aromatic rings. The van der Waals surface area contributed by atoms with Crippen LogP contribution in [0.2, 0.25) is 0 Å². The zero-order valence-electron chi connectivity index (χ0n) is 19.4. The average molecular weight is 520 g/mol. The van der Waals surface area contributed by atoms with E-state index in [1.165, 1.54) is 0 Å². The van der Waals surface area contributed by atoms with Crippen LogP contribution in [0.1, 0.15) is 45.5 Å². The van der Waals surface area contributed by atoms with Gasteiger partial charge in [0.05, 0.1) is 40.9 Å². The van der Waals surface area contributed by atoms with Gasteiger partial charge >= 0.3 is 6.09 Å². The number of hydrogen-bond donors (Lipinski definition) is 1. The molecule has 1 amide bonds. The summed E-state index contributed by atoms with van der Waals surface area (Å²) in [4.78, 5) is 31.7. The van der Waals surface area contributed by atoms with Crippen molar-refractivity contribution in [3.8, 4) is 22.5 Å². The van der Waals surface area contributed by atoms with Gasteiger partial charge in [-0.1, -0.05) is 40.2 Å². The fraction of sp³-hybridized carbons (Fsp3) is 0.308. The normalized spacial score (nSPS) is 16.2. The highest BCUT2D eigenvalue weighted by atomic mass is 79.9. The maximum Gasteiger partial charge on any atom is 0.410 e. The van der Waals surface area contributed by atoms with Crippen LogP contribution in [0.5, 0.6) is 0 Å². The molecule has 1 atom stereocenters. The van der Waals surface area contributed by atoms with Gasteiger partial charge in [-0.05, 0) is 57.4 Å². The van der Waals surface area contributed by atoms with E-state index in [2.05, 4.69) is 30.9 Å². The molecular formula is C26H26BrN5O2. The molecule has 174 valence electrons. The first-order valence-corrected chi connectivity index (χ1v) is 12.1. The third-order valence-electron chi connectivity index (χ3n) is 5.79. The number of ether oxygens (including phenoxy) is 1. The number of rotatable bonds is 3. The fourth-order valence-corrected chi connectivity index (χ4v) is 4.54. The molecule has 0 spiro atoms. The smallest absolute Gasteiger partial charge is 0.410 e. The summed E-state index contributed by atoms with van der Waals surface area (Å²) < 4.78 is 6.57. The van der Waals surface area contributed by atoms with Crippen LogP contribution in [0, 0.1) is 0 Å². The Morgan fingerprint density at radius 2 is 1.82 bits per heavy atom. The van der Waals surface area contributed by atoms with Crippen LogP contribution >= 0.6 is 15.9 Å². The van der Waals surface area contributed by atoms with Crippen LogP contribution in [0.15, 0.2) is 59.3 Å². The number of aromatic nitrogens is 4. The van der Waals surface area contributed by atoms with Gasteiger partial charge < -0.3 is 9.72 Å². The van der Waals surface area contributed by atoms with Crippen molar-refractivity contribution in [1.82, 2.24) is 24.8 Å². The lowest BCUT2D eigenvalue weighted by Gasteiger charge is -2.27. The van der Waals surface area contributed by atoms with Crippen molar-refractivity contribution >= 4 is 33.1 Å². The van der Waals surface area contributed by atoms with Crippen molar-refractivity contribution in [2.45, 2.75) is 45.3 Å². The molecule has 0 unspecified atom stereocenters. The molecule has 3 heterocycles. The van der Waals surface area contributed by atoms with Gasteiger partial charge in [-0.3, -0.25) is 9.88 Å². The Bertz CT molecular complexity index is 1340. The summed E-state index contributed by atoms with van der Waals surface area (Å²) in [6, 6.07) is 13.9. The fourth-order valence-electron chi connectivity index (χ4n) is 4.19. The third kappa shape index (κ3) is 4.68. The van der Waals surface area contributed by atoms with E-state index in [1.54, 1.807) is 11.1 Å². The van der Waals surface area contributed by atoms with Crippen LogP contribution in [-0.4, -0.2) is 43.1 Å². The van der Waals surface area contributed by atoms with Crippen LogP contribution in [0.3, 0.4) is 0 Å². The Labute approximate surface area is 206 Å². The highest BCUT2D eigenvalue weighted by Crippen LogP contribution is 2.33. The summed E-state index contributed by atoms with van der Waals surface area (Å²) >= 11 is 3.47. The molecular weight excluding hydrogens is 494 g/mol. The number of H-pyrrole nitrogens is 1. The number of carbonyl (C=O) groups excluding carboxylic acids is 1. The standard InChI is InChI=1S/C26H26BrN5O2/c1-26(2,3)34-25(33)32-12-4-5-23(32)24-29-15-22(31-24)17-8-6-16(7-9-17)21-14-28-20-13-18(27)10-11-19(20)30-21/h6-11,13-15,23H,4-5,12H2,1-3H3,(H,29,31)/t23-/m0/s1. The van der Waals surface area contributed by atoms with E-state index < -0.39 is 5.60 Å². The number of halogens is 1. The number of imidazole rings is 1. The van der Waals surface area contributed by atoms with E-state index in [1.807, 2.05) is 69.4 Å². The molecule has 1 saturated heterocycles. The third-order valence-corrected chi connectivity index (χ3v) is 6.28. The van der Waals surface area contributed by atoms with Crippen LogP contribution in [-0.2, 0) is 4.74 Å². The Hall–Kier alpha value is -3.26. The number of likely N-dealkylation sites (tertiary alicyclic amines) is 1. The van der Waals surface area contributed by atoms with E-state index in [-0.39, 0.29) is 12.1 Å². The van der Waals surface area contributed by atoms with Crippen molar-refractivity contribution in [2.24, 2.45) is 0 Å². The van der Waals surface area contributed by atoms with Gasteiger partial charge in [0.1, 0.15) is 11.4 Å². The van der Waals surface area contributed by atoms with Crippen molar-refractivity contribution in [2.75, 3.05) is 6.54 Å². The maximum absolute atomic E-state index is 12.6. The van der Waals surface area contributed by atoms with Crippen molar-refractivity contribution in [3.05, 3.63) is 65.2 Å². The number of carbonyl (C=O) groups is 1. The molecule has 1 fully saturated rings. The molecule has 0 aliphatic carbocycles. The molecule has 7 nitrogen and oxygen atoms in total. The zero-order chi connectivity index (χ0) is 23.9. The Morgan fingerprint density at radius 1 is 1.06 bits per heavy atom. The number of benzene rings is 2. The molecule has 2 aromatic heterocycles. The molecule has 1 aliphatic heterocycles. The lowest BCUT2D eigenvalue weighted by molar-refractivity contribution is 0.0218. The molecule has 34 heavy (non-hydrogen) atoms. The Balaban J connectivity index is 1.34. The monoisotopic (exact) mass is 519 g/mol. The second-order valence-corrected chi connectivity index (χ2v) is 10.4. The molecule has 0 bridgehead atoms. The van der Waals surface area contributed by atoms with Gasteiger partial charge in [0.25, 0.3) is 0 Å².